The van der Waals surface area contributed by atoms with E-state index in [1.165, 1.54) is 24.3 Å². The summed E-state index contributed by atoms with van der Waals surface area (Å²) in [6.07, 6.45) is -0.121. The van der Waals surface area contributed by atoms with Crippen molar-refractivity contribution in [2.24, 2.45) is 0 Å². The Kier molecular flexibility index (Phi) is 6.67. The van der Waals surface area contributed by atoms with E-state index in [1.807, 2.05) is 0 Å². The molecule has 4 N–H and O–H groups in total. The molecule has 4 amide bonds. The predicted molar refractivity (Wildman–Crippen MR) is 99.5 cm³/mol. The molecular weight excluding hydrogens is 396 g/mol. The van der Waals surface area contributed by atoms with Gasteiger partial charge in [-0.15, -0.1) is 0 Å². The summed E-state index contributed by atoms with van der Waals surface area (Å²) >= 11 is 5.00. The Bertz CT molecular complexity index is 773. The second-order valence-corrected chi connectivity index (χ2v) is 6.70. The van der Waals surface area contributed by atoms with Gasteiger partial charge in [0.1, 0.15) is 11.3 Å². The van der Waals surface area contributed by atoms with Gasteiger partial charge < -0.3 is 15.4 Å². The van der Waals surface area contributed by atoms with Crippen LogP contribution in [0.25, 0.3) is 0 Å². The van der Waals surface area contributed by atoms with Gasteiger partial charge in [-0.05, 0) is 50.3 Å². The Morgan fingerprint density at radius 1 is 1.25 bits per heavy atom. The number of halogens is 2. The summed E-state index contributed by atoms with van der Waals surface area (Å²) < 4.78 is 28.4. The molecule has 1 aliphatic heterocycles. The zero-order valence-corrected chi connectivity index (χ0v) is 15.9. The highest BCUT2D eigenvalue weighted by Crippen LogP contribution is 2.18. The zero-order chi connectivity index (χ0) is 20.9. The molecule has 0 atom stereocenters. The van der Waals surface area contributed by atoms with E-state index in [1.54, 1.807) is 13.8 Å². The van der Waals surface area contributed by atoms with Crippen molar-refractivity contribution in [1.29, 1.82) is 0 Å². The second kappa shape index (κ2) is 8.78. The fraction of sp³-hybridized carbons (Fsp3) is 0.375. The molecule has 2 rings (SSSR count). The summed E-state index contributed by atoms with van der Waals surface area (Å²) in [6.45, 7) is 0.161. The number of nitrogens with zero attached hydrogens (tertiary/aromatic N) is 1. The molecule has 152 valence electrons. The highest BCUT2D eigenvalue weighted by molar-refractivity contribution is 7.80. The van der Waals surface area contributed by atoms with Crippen molar-refractivity contribution in [3.63, 3.8) is 0 Å². The van der Waals surface area contributed by atoms with Crippen molar-refractivity contribution in [3.05, 3.63) is 24.3 Å². The summed E-state index contributed by atoms with van der Waals surface area (Å²) in [6, 6.07) is 5.04. The predicted octanol–water partition coefficient (Wildman–Crippen LogP) is 1.33. The highest BCUT2D eigenvalue weighted by atomic mass is 32.1. The number of carbonyl (C=O) groups excluding carboxylic acids is 3. The summed E-state index contributed by atoms with van der Waals surface area (Å²) in [7, 11) is 0. The third-order valence-corrected chi connectivity index (χ3v) is 3.86. The lowest BCUT2D eigenvalue weighted by Gasteiger charge is -2.16. The standard InChI is InChI=1S/C16H19F2N5O4S/c1-16(2)12(25)23(15(26)20-16)8-7-11(24)21-22-14(28)19-9-3-5-10(6-4-9)27-13(17)18/h3-6,13H,7-8H2,1-2H3,(H,20,26)(H,21,24)(H2,19,22,28). The number of ether oxygens (including phenoxy) is 1. The van der Waals surface area contributed by atoms with Crippen LogP contribution >= 0.6 is 12.2 Å². The van der Waals surface area contributed by atoms with E-state index in [2.05, 4.69) is 26.2 Å². The van der Waals surface area contributed by atoms with Crippen LogP contribution in [0.1, 0.15) is 20.3 Å². The third kappa shape index (κ3) is 5.74. The highest BCUT2D eigenvalue weighted by Gasteiger charge is 2.43. The number of alkyl halides is 2. The van der Waals surface area contributed by atoms with Crippen molar-refractivity contribution < 1.29 is 27.9 Å². The maximum absolute atomic E-state index is 12.1. The van der Waals surface area contributed by atoms with Crippen molar-refractivity contribution in [3.8, 4) is 5.75 Å². The van der Waals surface area contributed by atoms with E-state index in [-0.39, 0.29) is 23.8 Å². The van der Waals surface area contributed by atoms with Crippen LogP contribution in [0.3, 0.4) is 0 Å². The van der Waals surface area contributed by atoms with E-state index >= 15 is 0 Å². The number of amides is 4. The Morgan fingerprint density at radius 3 is 2.43 bits per heavy atom. The molecule has 0 aromatic heterocycles. The lowest BCUT2D eigenvalue weighted by Crippen LogP contribution is -2.45. The Morgan fingerprint density at radius 2 is 1.89 bits per heavy atom. The van der Waals surface area contributed by atoms with Crippen molar-refractivity contribution in [2.45, 2.75) is 32.4 Å². The van der Waals surface area contributed by atoms with Gasteiger partial charge in [0.15, 0.2) is 5.11 Å². The first-order chi connectivity index (χ1) is 13.1. The van der Waals surface area contributed by atoms with Gasteiger partial charge >= 0.3 is 12.6 Å². The van der Waals surface area contributed by atoms with Crippen LogP contribution in [0.5, 0.6) is 5.75 Å². The van der Waals surface area contributed by atoms with Gasteiger partial charge in [0, 0.05) is 18.7 Å². The second-order valence-electron chi connectivity index (χ2n) is 6.29. The molecule has 0 saturated carbocycles. The molecule has 1 aromatic rings. The van der Waals surface area contributed by atoms with Crippen molar-refractivity contribution >= 4 is 40.9 Å². The average Bonchev–Trinajstić information content (AvgIpc) is 2.80. The van der Waals surface area contributed by atoms with Crippen molar-refractivity contribution in [1.82, 2.24) is 21.1 Å². The average molecular weight is 415 g/mol. The monoisotopic (exact) mass is 415 g/mol. The van der Waals surface area contributed by atoms with E-state index in [4.69, 9.17) is 12.2 Å². The van der Waals surface area contributed by atoms with Crippen LogP contribution in [0.4, 0.5) is 19.3 Å². The number of hydrogen-bond acceptors (Lipinski definition) is 5. The number of nitrogens with one attached hydrogen (secondary N) is 4. The van der Waals surface area contributed by atoms with Gasteiger partial charge in [0.25, 0.3) is 5.91 Å². The number of hydrogen-bond donors (Lipinski definition) is 4. The molecule has 0 unspecified atom stereocenters. The summed E-state index contributed by atoms with van der Waals surface area (Å²) in [5.74, 6) is -0.902. The van der Waals surface area contributed by atoms with Crippen LogP contribution in [-0.2, 0) is 9.59 Å². The number of thiocarbonyl (C=S) groups is 1. The topological polar surface area (TPSA) is 112 Å². The largest absolute Gasteiger partial charge is 0.435 e. The zero-order valence-electron chi connectivity index (χ0n) is 15.0. The molecule has 0 bridgehead atoms. The molecule has 0 radical (unpaired) electrons. The molecule has 1 saturated heterocycles. The molecule has 0 spiro atoms. The minimum Gasteiger partial charge on any atom is -0.435 e. The van der Waals surface area contributed by atoms with Crippen molar-refractivity contribution in [2.75, 3.05) is 11.9 Å². The Balaban J connectivity index is 1.73. The lowest BCUT2D eigenvalue weighted by atomic mass is 10.1. The number of rotatable bonds is 6. The summed E-state index contributed by atoms with van der Waals surface area (Å²) in [4.78, 5) is 36.6. The van der Waals surface area contributed by atoms with E-state index < -0.39 is 30.0 Å². The first-order valence-electron chi connectivity index (χ1n) is 8.13. The maximum atomic E-state index is 12.1. The number of hydrazine groups is 1. The third-order valence-electron chi connectivity index (χ3n) is 3.66. The Hall–Kier alpha value is -3.02. The minimum atomic E-state index is -2.91. The fourth-order valence-corrected chi connectivity index (χ4v) is 2.47. The number of anilines is 1. The molecular formula is C16H19F2N5O4S. The number of carbonyl (C=O) groups is 3. The van der Waals surface area contributed by atoms with E-state index in [0.29, 0.717) is 5.69 Å². The van der Waals surface area contributed by atoms with Gasteiger partial charge in [-0.3, -0.25) is 25.3 Å². The molecule has 28 heavy (non-hydrogen) atoms. The van der Waals surface area contributed by atoms with Gasteiger partial charge in [-0.1, -0.05) is 0 Å². The van der Waals surface area contributed by atoms with Crippen LogP contribution in [0, 0.1) is 0 Å². The molecule has 12 heteroatoms. The van der Waals surface area contributed by atoms with Gasteiger partial charge in [0.05, 0.1) is 0 Å². The maximum Gasteiger partial charge on any atom is 0.387 e. The van der Waals surface area contributed by atoms with Crippen LogP contribution < -0.4 is 26.2 Å². The summed E-state index contributed by atoms with van der Waals surface area (Å²) in [5.41, 5.74) is 4.27. The molecule has 1 aromatic carbocycles. The number of imide groups is 1. The van der Waals surface area contributed by atoms with Crippen LogP contribution in [0.15, 0.2) is 24.3 Å². The first kappa shape index (κ1) is 21.3. The first-order valence-corrected chi connectivity index (χ1v) is 8.54. The van der Waals surface area contributed by atoms with Gasteiger partial charge in [-0.25, -0.2) is 4.79 Å². The van der Waals surface area contributed by atoms with Gasteiger partial charge in [-0.2, -0.15) is 8.78 Å². The number of benzene rings is 1. The molecule has 1 heterocycles. The van der Waals surface area contributed by atoms with Gasteiger partial charge in [0.2, 0.25) is 5.91 Å². The molecule has 1 fully saturated rings. The van der Waals surface area contributed by atoms with Crippen LogP contribution in [-0.4, -0.2) is 46.6 Å². The minimum absolute atomic E-state index is 0.00333. The molecule has 0 aliphatic carbocycles. The van der Waals surface area contributed by atoms with E-state index in [9.17, 15) is 23.2 Å². The normalized spacial score (nSPS) is 15.2. The van der Waals surface area contributed by atoms with E-state index in [0.717, 1.165) is 4.90 Å². The van der Waals surface area contributed by atoms with Crippen LogP contribution in [0.2, 0.25) is 0 Å². The smallest absolute Gasteiger partial charge is 0.387 e. The number of urea groups is 1. The SMILES string of the molecule is CC1(C)NC(=O)N(CCC(=O)NNC(=S)Nc2ccc(OC(F)F)cc2)C1=O. The molecule has 1 aliphatic rings. The molecule has 9 nitrogen and oxygen atoms in total. The Labute approximate surface area is 164 Å². The lowest BCUT2D eigenvalue weighted by molar-refractivity contribution is -0.130. The fourth-order valence-electron chi connectivity index (χ4n) is 2.31. The summed E-state index contributed by atoms with van der Waals surface area (Å²) in [5, 5.41) is 5.30. The quantitative estimate of drug-likeness (QED) is 0.315.